The van der Waals surface area contributed by atoms with Crippen LogP contribution < -0.4 is 9.04 Å². The highest BCUT2D eigenvalue weighted by Crippen LogP contribution is 2.26. The topological polar surface area (TPSA) is 46.6 Å². The lowest BCUT2D eigenvalue weighted by molar-refractivity contribution is 0.414. The second-order valence-corrected chi connectivity index (χ2v) is 6.62. The van der Waals surface area contributed by atoms with E-state index < -0.39 is 10.0 Å². The van der Waals surface area contributed by atoms with Crippen LogP contribution in [0.25, 0.3) is 0 Å². The van der Waals surface area contributed by atoms with Crippen molar-refractivity contribution in [3.63, 3.8) is 0 Å². The van der Waals surface area contributed by atoms with Crippen molar-refractivity contribution in [2.75, 3.05) is 18.0 Å². The van der Waals surface area contributed by atoms with Gasteiger partial charge < -0.3 is 4.74 Å². The smallest absolute Gasteiger partial charge is 0.264 e. The van der Waals surface area contributed by atoms with Gasteiger partial charge >= 0.3 is 0 Å². The molecule has 0 aliphatic rings. The number of nitrogens with zero attached hydrogens (tertiary/aromatic N) is 1. The van der Waals surface area contributed by atoms with E-state index in [1.165, 1.54) is 23.5 Å². The van der Waals surface area contributed by atoms with Crippen LogP contribution in [0.3, 0.4) is 0 Å². The minimum atomic E-state index is -3.63. The SMILES string of the molecule is CCN(c1cccc(Cl)c1)S(=O)(=O)c1ccc(OC)cc1. The van der Waals surface area contributed by atoms with Gasteiger partial charge in [0.2, 0.25) is 0 Å². The van der Waals surface area contributed by atoms with Crippen molar-refractivity contribution < 1.29 is 13.2 Å². The lowest BCUT2D eigenvalue weighted by atomic mass is 10.3. The molecule has 0 aliphatic carbocycles. The second-order valence-electron chi connectivity index (χ2n) is 4.33. The molecule has 0 spiro atoms. The zero-order chi connectivity index (χ0) is 15.5. The van der Waals surface area contributed by atoms with Crippen LogP contribution in [-0.4, -0.2) is 22.1 Å². The molecule has 0 N–H and O–H groups in total. The molecule has 2 aromatic rings. The van der Waals surface area contributed by atoms with Gasteiger partial charge in [-0.15, -0.1) is 0 Å². The summed E-state index contributed by atoms with van der Waals surface area (Å²) in [6, 6.07) is 13.1. The number of hydrogen-bond acceptors (Lipinski definition) is 3. The number of ether oxygens (including phenoxy) is 1. The molecule has 0 aliphatic heterocycles. The zero-order valence-electron chi connectivity index (χ0n) is 11.8. The van der Waals surface area contributed by atoms with Gasteiger partial charge in [0.1, 0.15) is 5.75 Å². The summed E-state index contributed by atoms with van der Waals surface area (Å²) < 4.78 is 31.8. The Hall–Kier alpha value is -1.72. The van der Waals surface area contributed by atoms with Crippen LogP contribution in [-0.2, 0) is 10.0 Å². The Balaban J connectivity index is 2.44. The summed E-state index contributed by atoms with van der Waals surface area (Å²) in [5, 5.41) is 0.496. The minimum absolute atomic E-state index is 0.213. The standard InChI is InChI=1S/C15H16ClNO3S/c1-3-17(13-6-4-5-12(16)11-13)21(18,19)15-9-7-14(20-2)8-10-15/h4-11H,3H2,1-2H3. The monoisotopic (exact) mass is 325 g/mol. The van der Waals surface area contributed by atoms with Gasteiger partial charge in [-0.05, 0) is 49.4 Å². The van der Waals surface area contributed by atoms with Crippen molar-refractivity contribution in [1.82, 2.24) is 0 Å². The molecule has 0 atom stereocenters. The molecule has 0 radical (unpaired) electrons. The van der Waals surface area contributed by atoms with E-state index in [1.54, 1.807) is 43.3 Å². The number of rotatable bonds is 5. The summed E-state index contributed by atoms with van der Waals surface area (Å²) in [6.45, 7) is 2.09. The Morgan fingerprint density at radius 1 is 1.14 bits per heavy atom. The summed E-state index contributed by atoms with van der Waals surface area (Å²) in [6.07, 6.45) is 0. The highest BCUT2D eigenvalue weighted by Gasteiger charge is 2.23. The fourth-order valence-electron chi connectivity index (χ4n) is 2.00. The lowest BCUT2D eigenvalue weighted by Crippen LogP contribution is -2.30. The third kappa shape index (κ3) is 3.31. The predicted octanol–water partition coefficient (Wildman–Crippen LogP) is 3.56. The van der Waals surface area contributed by atoms with Crippen molar-refractivity contribution in [2.24, 2.45) is 0 Å². The van der Waals surface area contributed by atoms with Gasteiger partial charge in [-0.3, -0.25) is 4.31 Å². The van der Waals surface area contributed by atoms with Crippen LogP contribution in [0.5, 0.6) is 5.75 Å². The van der Waals surface area contributed by atoms with Gasteiger partial charge in [0.25, 0.3) is 10.0 Å². The van der Waals surface area contributed by atoms with E-state index in [0.29, 0.717) is 23.0 Å². The van der Waals surface area contributed by atoms with Gasteiger partial charge in [-0.25, -0.2) is 8.42 Å². The molecule has 2 rings (SSSR count). The Morgan fingerprint density at radius 3 is 2.33 bits per heavy atom. The van der Waals surface area contributed by atoms with Gasteiger partial charge in [0, 0.05) is 11.6 Å². The van der Waals surface area contributed by atoms with Crippen LogP contribution in [0.2, 0.25) is 5.02 Å². The Bertz CT molecular complexity index is 714. The second kappa shape index (κ2) is 6.37. The third-order valence-electron chi connectivity index (χ3n) is 3.03. The Morgan fingerprint density at radius 2 is 1.81 bits per heavy atom. The summed E-state index contributed by atoms with van der Waals surface area (Å²) in [7, 11) is -2.09. The number of anilines is 1. The van der Waals surface area contributed by atoms with Gasteiger partial charge in [-0.2, -0.15) is 0 Å². The maximum Gasteiger partial charge on any atom is 0.264 e. The van der Waals surface area contributed by atoms with Crippen molar-refractivity contribution >= 4 is 27.3 Å². The van der Waals surface area contributed by atoms with Crippen molar-refractivity contribution in [2.45, 2.75) is 11.8 Å². The third-order valence-corrected chi connectivity index (χ3v) is 5.18. The van der Waals surface area contributed by atoms with E-state index in [1.807, 2.05) is 0 Å². The number of sulfonamides is 1. The number of methoxy groups -OCH3 is 1. The lowest BCUT2D eigenvalue weighted by Gasteiger charge is -2.23. The first-order valence-electron chi connectivity index (χ1n) is 6.41. The Kier molecular flexibility index (Phi) is 4.75. The quantitative estimate of drug-likeness (QED) is 0.844. The van der Waals surface area contributed by atoms with Crippen LogP contribution >= 0.6 is 11.6 Å². The normalized spacial score (nSPS) is 11.2. The summed E-state index contributed by atoms with van der Waals surface area (Å²) >= 11 is 5.94. The van der Waals surface area contributed by atoms with Gasteiger partial charge in [0.05, 0.1) is 17.7 Å². The largest absolute Gasteiger partial charge is 0.497 e. The number of hydrogen-bond donors (Lipinski definition) is 0. The van der Waals surface area contributed by atoms with Crippen molar-refractivity contribution in [3.05, 3.63) is 53.6 Å². The fraction of sp³-hybridized carbons (Fsp3) is 0.200. The molecule has 4 nitrogen and oxygen atoms in total. The highest BCUT2D eigenvalue weighted by molar-refractivity contribution is 7.92. The van der Waals surface area contributed by atoms with Crippen LogP contribution in [0.1, 0.15) is 6.92 Å². The van der Waals surface area contributed by atoms with Crippen LogP contribution in [0.4, 0.5) is 5.69 Å². The Labute approximate surface area is 130 Å². The van der Waals surface area contributed by atoms with E-state index in [9.17, 15) is 8.42 Å². The number of halogens is 1. The van der Waals surface area contributed by atoms with E-state index in [0.717, 1.165) is 0 Å². The molecule has 112 valence electrons. The summed E-state index contributed by atoms with van der Waals surface area (Å²) in [4.78, 5) is 0.213. The zero-order valence-corrected chi connectivity index (χ0v) is 13.4. The highest BCUT2D eigenvalue weighted by atomic mass is 35.5. The molecule has 0 saturated carbocycles. The summed E-state index contributed by atoms with van der Waals surface area (Å²) in [5.74, 6) is 0.611. The summed E-state index contributed by atoms with van der Waals surface area (Å²) in [5.41, 5.74) is 0.542. The molecule has 0 aromatic heterocycles. The fourth-order valence-corrected chi connectivity index (χ4v) is 3.65. The molecule has 2 aromatic carbocycles. The molecule has 0 fully saturated rings. The van der Waals surface area contributed by atoms with Gasteiger partial charge in [-0.1, -0.05) is 17.7 Å². The average Bonchev–Trinajstić information content (AvgIpc) is 2.48. The van der Waals surface area contributed by atoms with E-state index in [2.05, 4.69) is 0 Å². The maximum absolute atomic E-state index is 12.7. The first-order valence-corrected chi connectivity index (χ1v) is 8.23. The minimum Gasteiger partial charge on any atom is -0.497 e. The van der Waals surface area contributed by atoms with Crippen molar-refractivity contribution in [1.29, 1.82) is 0 Å². The van der Waals surface area contributed by atoms with Crippen molar-refractivity contribution in [3.8, 4) is 5.75 Å². The first-order chi connectivity index (χ1) is 9.98. The average molecular weight is 326 g/mol. The van der Waals surface area contributed by atoms with E-state index in [4.69, 9.17) is 16.3 Å². The molecule has 0 amide bonds. The maximum atomic E-state index is 12.7. The molecule has 0 bridgehead atoms. The van der Waals surface area contributed by atoms with E-state index >= 15 is 0 Å². The van der Waals surface area contributed by atoms with E-state index in [-0.39, 0.29) is 4.90 Å². The molecule has 21 heavy (non-hydrogen) atoms. The predicted molar refractivity (Wildman–Crippen MR) is 84.7 cm³/mol. The van der Waals surface area contributed by atoms with Crippen LogP contribution in [0, 0.1) is 0 Å². The first kappa shape index (κ1) is 15.7. The number of benzene rings is 2. The molecule has 6 heteroatoms. The molecule has 0 saturated heterocycles. The molecular weight excluding hydrogens is 310 g/mol. The van der Waals surface area contributed by atoms with Crippen LogP contribution in [0.15, 0.2) is 53.4 Å². The van der Waals surface area contributed by atoms with Gasteiger partial charge in [0.15, 0.2) is 0 Å². The molecular formula is C15H16ClNO3S. The molecule has 0 unspecified atom stereocenters. The molecule has 0 heterocycles.